The first-order valence-electron chi connectivity index (χ1n) is 12.9. The van der Waals surface area contributed by atoms with Gasteiger partial charge < -0.3 is 14.7 Å². The van der Waals surface area contributed by atoms with Crippen molar-refractivity contribution >= 4 is 5.97 Å². The Labute approximate surface area is 200 Å². The van der Waals surface area contributed by atoms with Crippen molar-refractivity contribution in [3.05, 3.63) is 47.1 Å². The van der Waals surface area contributed by atoms with Crippen LogP contribution in [0, 0.1) is 5.92 Å². The van der Waals surface area contributed by atoms with Crippen LogP contribution < -0.4 is 4.74 Å². The molecule has 1 heterocycles. The summed E-state index contributed by atoms with van der Waals surface area (Å²) in [6.45, 7) is 11.8. The summed E-state index contributed by atoms with van der Waals surface area (Å²) in [6.07, 6.45) is 12.0. The fourth-order valence-corrected chi connectivity index (χ4v) is 5.14. The molecule has 1 aromatic rings. The van der Waals surface area contributed by atoms with Crippen LogP contribution in [0.3, 0.4) is 0 Å². The van der Waals surface area contributed by atoms with Gasteiger partial charge in [0, 0.05) is 30.5 Å². The summed E-state index contributed by atoms with van der Waals surface area (Å²) in [5, 5.41) is 11.1. The first-order valence-corrected chi connectivity index (χ1v) is 12.9. The molecular weight excluding hydrogens is 410 g/mol. The van der Waals surface area contributed by atoms with Gasteiger partial charge in [0.15, 0.2) is 0 Å². The van der Waals surface area contributed by atoms with E-state index in [0.717, 1.165) is 74.5 Å². The predicted octanol–water partition coefficient (Wildman–Crippen LogP) is 6.92. The van der Waals surface area contributed by atoms with Crippen LogP contribution in [0.25, 0.3) is 0 Å². The van der Waals surface area contributed by atoms with E-state index >= 15 is 0 Å². The van der Waals surface area contributed by atoms with Crippen LogP contribution in [0.5, 0.6) is 11.5 Å². The molecule has 1 fully saturated rings. The predicted molar refractivity (Wildman–Crippen MR) is 136 cm³/mol. The van der Waals surface area contributed by atoms with Gasteiger partial charge in [-0.3, -0.25) is 4.79 Å². The van der Waals surface area contributed by atoms with E-state index in [2.05, 4.69) is 45.4 Å². The molecule has 1 N–H and O–H groups in total. The molecule has 2 aliphatic rings. The molecular formula is C29H43NO3. The quantitative estimate of drug-likeness (QED) is 0.123. The van der Waals surface area contributed by atoms with Crippen LogP contribution >= 0.6 is 0 Å². The zero-order valence-electron chi connectivity index (χ0n) is 21.2. The number of aryl methyl sites for hydroxylation is 1. The van der Waals surface area contributed by atoms with Gasteiger partial charge >= 0.3 is 5.97 Å². The first kappa shape index (κ1) is 25.6. The number of nitrogens with zero attached hydrogens (tertiary/aromatic N) is 1. The molecule has 1 aromatic carbocycles. The molecule has 33 heavy (non-hydrogen) atoms. The Bertz CT molecular complexity index is 872. The number of hydrogen-bond acceptors (Lipinski definition) is 4. The van der Waals surface area contributed by atoms with Crippen molar-refractivity contribution < 1.29 is 14.6 Å². The fourth-order valence-electron chi connectivity index (χ4n) is 5.14. The number of allylic oxidation sites excluding steroid dienone is 3. The van der Waals surface area contributed by atoms with Gasteiger partial charge in [0.25, 0.3) is 0 Å². The molecule has 0 radical (unpaired) electrons. The van der Waals surface area contributed by atoms with Gasteiger partial charge in [0.05, 0.1) is 0 Å². The summed E-state index contributed by atoms with van der Waals surface area (Å²) in [5.41, 5.74) is 4.20. The van der Waals surface area contributed by atoms with Crippen molar-refractivity contribution in [1.29, 1.82) is 0 Å². The highest BCUT2D eigenvalue weighted by molar-refractivity contribution is 5.73. The largest absolute Gasteiger partial charge is 0.507 e. The van der Waals surface area contributed by atoms with E-state index in [-0.39, 0.29) is 23.6 Å². The highest BCUT2D eigenvalue weighted by atomic mass is 16.5. The molecule has 0 spiro atoms. The molecule has 182 valence electrons. The SMILES string of the molecule is C=C(C)C1CCC(C)=CC1c1c(O)cc(CCCCC)cc1OC(=O)CCCCC1CN1C. The van der Waals surface area contributed by atoms with Crippen LogP contribution in [-0.2, 0) is 11.2 Å². The van der Waals surface area contributed by atoms with Gasteiger partial charge in [-0.25, -0.2) is 0 Å². The minimum absolute atomic E-state index is 0.0193. The lowest BCUT2D eigenvalue weighted by Gasteiger charge is -2.32. The molecule has 0 amide bonds. The maximum atomic E-state index is 12.8. The molecule has 4 heteroatoms. The number of esters is 1. The second-order valence-corrected chi connectivity index (χ2v) is 10.3. The number of benzene rings is 1. The molecule has 4 unspecified atom stereocenters. The topological polar surface area (TPSA) is 49.5 Å². The number of carbonyl (C=O) groups excluding carboxylic acids is 1. The zero-order valence-corrected chi connectivity index (χ0v) is 21.2. The maximum Gasteiger partial charge on any atom is 0.311 e. The van der Waals surface area contributed by atoms with Gasteiger partial charge in [0.1, 0.15) is 11.5 Å². The van der Waals surface area contributed by atoms with Crippen molar-refractivity contribution in [1.82, 2.24) is 4.90 Å². The highest BCUT2D eigenvalue weighted by Gasteiger charge is 2.31. The van der Waals surface area contributed by atoms with E-state index in [1.807, 2.05) is 12.1 Å². The number of aromatic hydroxyl groups is 1. The van der Waals surface area contributed by atoms with Gasteiger partial charge in [-0.1, -0.05) is 50.0 Å². The van der Waals surface area contributed by atoms with Crippen LogP contribution in [-0.4, -0.2) is 35.6 Å². The third-order valence-electron chi connectivity index (χ3n) is 7.34. The number of hydrogen-bond donors (Lipinski definition) is 1. The normalized spacial score (nSPS) is 24.3. The first-order chi connectivity index (χ1) is 15.8. The van der Waals surface area contributed by atoms with Crippen molar-refractivity contribution in [3.63, 3.8) is 0 Å². The Morgan fingerprint density at radius 2 is 2.00 bits per heavy atom. The van der Waals surface area contributed by atoms with Crippen molar-refractivity contribution in [2.24, 2.45) is 5.92 Å². The Hall–Kier alpha value is -2.07. The van der Waals surface area contributed by atoms with Gasteiger partial charge in [-0.05, 0) is 83.0 Å². The molecule has 3 rings (SSSR count). The summed E-state index contributed by atoms with van der Waals surface area (Å²) in [7, 11) is 2.14. The lowest BCUT2D eigenvalue weighted by atomic mass is 9.73. The maximum absolute atomic E-state index is 12.8. The summed E-state index contributed by atoms with van der Waals surface area (Å²) in [4.78, 5) is 15.1. The van der Waals surface area contributed by atoms with Crippen molar-refractivity contribution in [2.75, 3.05) is 13.6 Å². The lowest BCUT2D eigenvalue weighted by Crippen LogP contribution is -2.19. The molecule has 4 nitrogen and oxygen atoms in total. The van der Waals surface area contributed by atoms with Gasteiger partial charge in [-0.2, -0.15) is 0 Å². The third-order valence-corrected chi connectivity index (χ3v) is 7.34. The summed E-state index contributed by atoms with van der Waals surface area (Å²) < 4.78 is 5.97. The lowest BCUT2D eigenvalue weighted by molar-refractivity contribution is -0.134. The molecule has 1 saturated heterocycles. The Morgan fingerprint density at radius 1 is 1.24 bits per heavy atom. The number of likely N-dealkylation sites (N-methyl/N-ethyl adjacent to an activating group) is 1. The van der Waals surface area contributed by atoms with E-state index in [1.165, 1.54) is 12.1 Å². The van der Waals surface area contributed by atoms with E-state index in [9.17, 15) is 9.90 Å². The number of ether oxygens (including phenoxy) is 1. The minimum atomic E-state index is -0.200. The second-order valence-electron chi connectivity index (χ2n) is 10.3. The van der Waals surface area contributed by atoms with Crippen LogP contribution in [0.15, 0.2) is 35.9 Å². The van der Waals surface area contributed by atoms with Gasteiger partial charge in [-0.15, -0.1) is 0 Å². The average molecular weight is 454 g/mol. The molecule has 0 saturated carbocycles. The molecule has 0 aromatic heterocycles. The molecule has 4 atom stereocenters. The zero-order chi connectivity index (χ0) is 24.0. The van der Waals surface area contributed by atoms with E-state index in [0.29, 0.717) is 18.2 Å². The number of carbonyl (C=O) groups is 1. The number of phenolic OH excluding ortho intramolecular Hbond substituents is 1. The minimum Gasteiger partial charge on any atom is -0.507 e. The van der Waals surface area contributed by atoms with Gasteiger partial charge in [0.2, 0.25) is 0 Å². The van der Waals surface area contributed by atoms with Crippen molar-refractivity contribution in [3.8, 4) is 11.5 Å². The fraction of sp³-hybridized carbons (Fsp3) is 0.621. The number of unbranched alkanes of at least 4 members (excludes halogenated alkanes) is 3. The van der Waals surface area contributed by atoms with Crippen LogP contribution in [0.2, 0.25) is 0 Å². The summed E-state index contributed by atoms with van der Waals surface area (Å²) in [6, 6.07) is 4.57. The summed E-state index contributed by atoms with van der Waals surface area (Å²) in [5.74, 6) is 0.794. The van der Waals surface area contributed by atoms with Crippen LogP contribution in [0.4, 0.5) is 0 Å². The van der Waals surface area contributed by atoms with E-state index in [1.54, 1.807) is 0 Å². The Kier molecular flexibility index (Phi) is 9.19. The smallest absolute Gasteiger partial charge is 0.311 e. The van der Waals surface area contributed by atoms with Crippen molar-refractivity contribution in [2.45, 2.75) is 96.9 Å². The number of phenols is 1. The van der Waals surface area contributed by atoms with E-state index in [4.69, 9.17) is 4.74 Å². The molecule has 1 aliphatic heterocycles. The standard InChI is InChI=1S/C29H43NO3/c1-6-7-8-11-22-17-26(31)29(25-16-21(4)14-15-24(25)20(2)3)27(18-22)33-28(32)13-10-9-12-23-19-30(23)5/h16-18,23-25,31H,2,6-15,19H2,1,3-5H3. The van der Waals surface area contributed by atoms with Crippen LogP contribution in [0.1, 0.15) is 95.6 Å². The third kappa shape index (κ3) is 7.20. The van der Waals surface area contributed by atoms with E-state index < -0.39 is 0 Å². The number of rotatable bonds is 12. The molecule has 0 bridgehead atoms. The summed E-state index contributed by atoms with van der Waals surface area (Å²) >= 11 is 0. The average Bonchev–Trinajstić information content (AvgIpc) is 3.46. The molecule has 1 aliphatic carbocycles. The Balaban J connectivity index is 1.80. The Morgan fingerprint density at radius 3 is 2.67 bits per heavy atom. The highest BCUT2D eigenvalue weighted by Crippen LogP contribution is 2.47. The monoisotopic (exact) mass is 453 g/mol. The second kappa shape index (κ2) is 11.9.